The summed E-state index contributed by atoms with van der Waals surface area (Å²) in [6.45, 7) is 2.44. The van der Waals surface area contributed by atoms with Crippen molar-refractivity contribution >= 4 is 17.2 Å². The van der Waals surface area contributed by atoms with Crippen molar-refractivity contribution < 1.29 is 14.3 Å². The Labute approximate surface area is 134 Å². The molecule has 1 aromatic carbocycles. The number of benzene rings is 1. The van der Waals surface area contributed by atoms with Crippen molar-refractivity contribution in [3.63, 3.8) is 0 Å². The van der Waals surface area contributed by atoms with Crippen LogP contribution in [0.3, 0.4) is 0 Å². The zero-order chi connectivity index (χ0) is 16.1. The number of carbonyl (C=O) groups is 1. The van der Waals surface area contributed by atoms with Gasteiger partial charge in [0, 0.05) is 25.1 Å². The molecule has 0 unspecified atom stereocenters. The number of hydrogen-bond acceptors (Lipinski definition) is 5. The van der Waals surface area contributed by atoms with Gasteiger partial charge in [-0.1, -0.05) is 0 Å². The first-order valence-electron chi connectivity index (χ1n) is 6.93. The highest BCUT2D eigenvalue weighted by Gasteiger charge is 2.20. The Morgan fingerprint density at radius 3 is 2.59 bits per heavy atom. The molecule has 0 bridgehead atoms. The molecule has 6 heteroatoms. The van der Waals surface area contributed by atoms with Crippen LogP contribution < -0.4 is 4.74 Å². The molecule has 0 spiro atoms. The lowest BCUT2D eigenvalue weighted by molar-refractivity contribution is 0.0629. The Morgan fingerprint density at radius 1 is 1.32 bits per heavy atom. The molecule has 1 aromatic heterocycles. The van der Waals surface area contributed by atoms with Gasteiger partial charge in [0.2, 0.25) is 0 Å². The Bertz CT molecular complexity index is 625. The number of nitrogens with zero attached hydrogens (tertiary/aromatic N) is 2. The van der Waals surface area contributed by atoms with Crippen molar-refractivity contribution in [1.82, 2.24) is 9.88 Å². The van der Waals surface area contributed by atoms with Gasteiger partial charge < -0.3 is 14.4 Å². The molecule has 1 atom stereocenters. The molecular formula is C16H20N2O3S. The average molecular weight is 320 g/mol. The topological polar surface area (TPSA) is 51.7 Å². The summed E-state index contributed by atoms with van der Waals surface area (Å²) in [5.74, 6) is 0.699. The maximum atomic E-state index is 12.4. The molecule has 0 N–H and O–H groups in total. The largest absolute Gasteiger partial charge is 0.497 e. The molecule has 0 aliphatic rings. The third-order valence-electron chi connectivity index (χ3n) is 3.45. The van der Waals surface area contributed by atoms with Crippen molar-refractivity contribution in [2.45, 2.75) is 13.0 Å². The molecule has 0 saturated heterocycles. The summed E-state index contributed by atoms with van der Waals surface area (Å²) >= 11 is 1.46. The molecule has 0 fully saturated rings. The van der Waals surface area contributed by atoms with E-state index in [1.165, 1.54) is 11.3 Å². The second kappa shape index (κ2) is 7.38. The quantitative estimate of drug-likeness (QED) is 0.821. The van der Waals surface area contributed by atoms with Gasteiger partial charge in [0.25, 0.3) is 5.91 Å². The van der Waals surface area contributed by atoms with Crippen molar-refractivity contribution in [3.05, 3.63) is 35.3 Å². The normalized spacial score (nSPS) is 12.0. The Kier molecular flexibility index (Phi) is 5.51. The summed E-state index contributed by atoms with van der Waals surface area (Å²) in [5, 5.41) is 2.61. The fourth-order valence-electron chi connectivity index (χ4n) is 1.97. The Hall–Kier alpha value is -1.92. The predicted molar refractivity (Wildman–Crippen MR) is 87.5 cm³/mol. The molecule has 22 heavy (non-hydrogen) atoms. The van der Waals surface area contributed by atoms with E-state index in [1.54, 1.807) is 31.5 Å². The van der Waals surface area contributed by atoms with Crippen LogP contribution in [0.1, 0.15) is 17.4 Å². The lowest BCUT2D eigenvalue weighted by Gasteiger charge is -2.23. The number of ether oxygens (including phenoxy) is 2. The minimum Gasteiger partial charge on any atom is -0.497 e. The van der Waals surface area contributed by atoms with Crippen LogP contribution in [0.2, 0.25) is 0 Å². The van der Waals surface area contributed by atoms with Gasteiger partial charge >= 0.3 is 0 Å². The van der Waals surface area contributed by atoms with Crippen molar-refractivity contribution in [3.8, 4) is 16.3 Å². The van der Waals surface area contributed by atoms with E-state index < -0.39 is 0 Å². The molecular weight excluding hydrogens is 300 g/mol. The van der Waals surface area contributed by atoms with E-state index in [9.17, 15) is 4.79 Å². The number of likely N-dealkylation sites (N-methyl/N-ethyl adjacent to an activating group) is 1. The van der Waals surface area contributed by atoms with Gasteiger partial charge in [0.05, 0.1) is 19.8 Å². The fourth-order valence-corrected chi connectivity index (χ4v) is 2.77. The molecule has 0 radical (unpaired) electrons. The number of carbonyl (C=O) groups excluding carboxylic acids is 1. The lowest BCUT2D eigenvalue weighted by Crippen LogP contribution is -2.37. The van der Waals surface area contributed by atoms with Crippen molar-refractivity contribution in [1.29, 1.82) is 0 Å². The maximum absolute atomic E-state index is 12.4. The number of methoxy groups -OCH3 is 2. The molecule has 2 aromatic rings. The molecule has 1 amide bonds. The smallest absolute Gasteiger partial charge is 0.273 e. The van der Waals surface area contributed by atoms with Gasteiger partial charge in [-0.05, 0) is 31.2 Å². The zero-order valence-electron chi connectivity index (χ0n) is 13.2. The third-order valence-corrected chi connectivity index (χ3v) is 4.34. The van der Waals surface area contributed by atoms with Crippen molar-refractivity contribution in [2.75, 3.05) is 27.9 Å². The highest BCUT2D eigenvalue weighted by Crippen LogP contribution is 2.26. The molecule has 2 rings (SSSR count). The molecule has 0 aliphatic carbocycles. The summed E-state index contributed by atoms with van der Waals surface area (Å²) in [6.07, 6.45) is 0. The summed E-state index contributed by atoms with van der Waals surface area (Å²) in [4.78, 5) is 18.5. The molecule has 5 nitrogen and oxygen atoms in total. The van der Waals surface area contributed by atoms with Gasteiger partial charge in [-0.2, -0.15) is 0 Å². The highest BCUT2D eigenvalue weighted by atomic mass is 32.1. The van der Waals surface area contributed by atoms with E-state index >= 15 is 0 Å². The lowest BCUT2D eigenvalue weighted by atomic mass is 10.2. The molecule has 118 valence electrons. The minimum atomic E-state index is -0.0967. The van der Waals surface area contributed by atoms with Gasteiger partial charge in [-0.25, -0.2) is 4.98 Å². The predicted octanol–water partition coefficient (Wildman–Crippen LogP) is 2.93. The van der Waals surface area contributed by atoms with Gasteiger partial charge in [-0.15, -0.1) is 11.3 Å². The van der Waals surface area contributed by atoms with E-state index in [4.69, 9.17) is 9.47 Å². The second-order valence-corrected chi connectivity index (χ2v) is 5.84. The van der Waals surface area contributed by atoms with E-state index in [1.807, 2.05) is 31.2 Å². The highest BCUT2D eigenvalue weighted by molar-refractivity contribution is 7.13. The van der Waals surface area contributed by atoms with Crippen LogP contribution in [0, 0.1) is 0 Å². The monoisotopic (exact) mass is 320 g/mol. The molecule has 0 saturated carbocycles. The first-order chi connectivity index (χ1) is 10.6. The SMILES string of the molecule is COC[C@H](C)N(C)C(=O)c1csc(-c2ccc(OC)cc2)n1. The molecule has 0 aliphatic heterocycles. The van der Waals surface area contributed by atoms with Crippen LogP contribution in [0.15, 0.2) is 29.6 Å². The van der Waals surface area contributed by atoms with Crippen LogP contribution in [0.5, 0.6) is 5.75 Å². The van der Waals surface area contributed by atoms with E-state index in [0.29, 0.717) is 12.3 Å². The number of hydrogen-bond donors (Lipinski definition) is 0. The van der Waals surface area contributed by atoms with Crippen LogP contribution in [0.4, 0.5) is 0 Å². The van der Waals surface area contributed by atoms with Gasteiger partial charge in [0.15, 0.2) is 0 Å². The maximum Gasteiger partial charge on any atom is 0.273 e. The third kappa shape index (κ3) is 3.64. The van der Waals surface area contributed by atoms with Crippen LogP contribution in [-0.2, 0) is 4.74 Å². The number of thiazole rings is 1. The van der Waals surface area contributed by atoms with E-state index in [0.717, 1.165) is 16.3 Å². The Balaban J connectivity index is 2.14. The van der Waals surface area contributed by atoms with Gasteiger partial charge in [0.1, 0.15) is 16.5 Å². The minimum absolute atomic E-state index is 0.00337. The van der Waals surface area contributed by atoms with E-state index in [-0.39, 0.29) is 11.9 Å². The van der Waals surface area contributed by atoms with E-state index in [2.05, 4.69) is 4.98 Å². The average Bonchev–Trinajstić information content (AvgIpc) is 3.03. The molecule has 1 heterocycles. The standard InChI is InChI=1S/C16H20N2O3S/c1-11(9-20-3)18(2)16(19)14-10-22-15(17-14)12-5-7-13(21-4)8-6-12/h5-8,10-11H,9H2,1-4H3/t11-/m0/s1. The summed E-state index contributed by atoms with van der Waals surface area (Å²) in [5.41, 5.74) is 1.43. The van der Waals surface area contributed by atoms with Crippen molar-refractivity contribution in [2.24, 2.45) is 0 Å². The number of rotatable bonds is 6. The first kappa shape index (κ1) is 16.5. The van der Waals surface area contributed by atoms with Gasteiger partial charge in [-0.3, -0.25) is 4.79 Å². The van der Waals surface area contributed by atoms with Crippen LogP contribution >= 0.6 is 11.3 Å². The van der Waals surface area contributed by atoms with Crippen LogP contribution in [-0.4, -0.2) is 49.7 Å². The number of amides is 1. The summed E-state index contributed by atoms with van der Waals surface area (Å²) in [7, 11) is 5.02. The Morgan fingerprint density at radius 2 is 2.00 bits per heavy atom. The zero-order valence-corrected chi connectivity index (χ0v) is 14.0. The summed E-state index contributed by atoms with van der Waals surface area (Å²) < 4.78 is 10.2. The summed E-state index contributed by atoms with van der Waals surface area (Å²) in [6, 6.07) is 7.63. The van der Waals surface area contributed by atoms with Crippen LogP contribution in [0.25, 0.3) is 10.6 Å². The second-order valence-electron chi connectivity index (χ2n) is 4.99. The first-order valence-corrected chi connectivity index (χ1v) is 7.80. The fraction of sp³-hybridized carbons (Fsp3) is 0.375. The number of aromatic nitrogens is 1.